The number of aliphatic carboxylic acids is 1. The Morgan fingerprint density at radius 3 is 2.88 bits per heavy atom. The number of ether oxygens (including phenoxy) is 2. The fraction of sp³-hybridized carbons (Fsp3) is 0.600. The lowest BCUT2D eigenvalue weighted by Gasteiger charge is -2.36. The third-order valence-electron chi connectivity index (χ3n) is 8.21. The lowest BCUT2D eigenvalue weighted by molar-refractivity contribution is -0.149. The quantitative estimate of drug-likeness (QED) is 0.314. The zero-order valence-electron chi connectivity index (χ0n) is 22.7. The number of alkyl halides is 2. The van der Waals surface area contributed by atoms with E-state index in [9.17, 15) is 14.3 Å². The Hall–Kier alpha value is -2.69. The molecular formula is C30H38F3N3O4. The van der Waals surface area contributed by atoms with Crippen molar-refractivity contribution >= 4 is 11.8 Å². The number of halogens is 3. The van der Waals surface area contributed by atoms with Gasteiger partial charge < -0.3 is 19.9 Å². The average molecular weight is 562 g/mol. The number of carboxylic acids is 1. The zero-order chi connectivity index (χ0) is 28.1. The van der Waals surface area contributed by atoms with Crippen LogP contribution in [0.4, 0.5) is 19.0 Å². The summed E-state index contributed by atoms with van der Waals surface area (Å²) in [4.78, 5) is 18.5. The fourth-order valence-corrected chi connectivity index (χ4v) is 6.16. The van der Waals surface area contributed by atoms with Gasteiger partial charge in [0.1, 0.15) is 17.7 Å². The number of rotatable bonds is 12. The second-order valence-corrected chi connectivity index (χ2v) is 11.0. The van der Waals surface area contributed by atoms with Crippen LogP contribution in [0.25, 0.3) is 0 Å². The van der Waals surface area contributed by atoms with E-state index in [0.29, 0.717) is 37.9 Å². The van der Waals surface area contributed by atoms with E-state index >= 15 is 8.78 Å². The van der Waals surface area contributed by atoms with E-state index in [0.717, 1.165) is 49.8 Å². The van der Waals surface area contributed by atoms with Crippen molar-refractivity contribution in [1.29, 1.82) is 0 Å². The van der Waals surface area contributed by atoms with Crippen LogP contribution in [-0.4, -0.2) is 58.9 Å². The molecule has 0 radical (unpaired) electrons. The van der Waals surface area contributed by atoms with Crippen LogP contribution in [0, 0.1) is 5.82 Å². The van der Waals surface area contributed by atoms with Crippen molar-refractivity contribution in [3.05, 3.63) is 58.5 Å². The molecule has 40 heavy (non-hydrogen) atoms. The van der Waals surface area contributed by atoms with Gasteiger partial charge in [0.05, 0.1) is 12.6 Å². The van der Waals surface area contributed by atoms with Crippen molar-refractivity contribution in [1.82, 2.24) is 9.88 Å². The van der Waals surface area contributed by atoms with Crippen LogP contribution in [0.15, 0.2) is 30.3 Å². The number of carbonyl (C=O) groups is 1. The van der Waals surface area contributed by atoms with Crippen LogP contribution >= 0.6 is 0 Å². The molecular weight excluding hydrogens is 523 g/mol. The molecule has 0 saturated carbocycles. The molecule has 10 heteroatoms. The number of anilines is 1. The summed E-state index contributed by atoms with van der Waals surface area (Å²) >= 11 is 0. The largest absolute Gasteiger partial charge is 0.480 e. The lowest BCUT2D eigenvalue weighted by atomic mass is 9.95. The molecule has 3 atom stereocenters. The Kier molecular flexibility index (Phi) is 9.27. The highest BCUT2D eigenvalue weighted by Gasteiger charge is 2.49. The number of unbranched alkanes of at least 4 members (excludes halogenated alkanes) is 1. The van der Waals surface area contributed by atoms with Crippen molar-refractivity contribution < 1.29 is 32.5 Å². The van der Waals surface area contributed by atoms with Crippen LogP contribution in [0.2, 0.25) is 0 Å². The van der Waals surface area contributed by atoms with E-state index in [1.165, 1.54) is 22.6 Å². The minimum absolute atomic E-state index is 0.0191. The number of hydrogen-bond acceptors (Lipinski definition) is 6. The van der Waals surface area contributed by atoms with Gasteiger partial charge in [-0.3, -0.25) is 9.69 Å². The van der Waals surface area contributed by atoms with Crippen LogP contribution in [-0.2, 0) is 33.7 Å². The SMILES string of the molecule is O=C(O)C(c1cc(F)ccc1CO[C@H]1CCCO1)N1CCC[C@@H]1C(F)(F)CCCCc1ccc2c(n1)NCCC2. The van der Waals surface area contributed by atoms with E-state index in [-0.39, 0.29) is 31.6 Å². The number of nitrogens with one attached hydrogen (secondary N) is 1. The molecule has 218 valence electrons. The molecule has 4 heterocycles. The normalized spacial score (nSPS) is 22.2. The maximum absolute atomic E-state index is 15.6. The van der Waals surface area contributed by atoms with Gasteiger partial charge in [-0.25, -0.2) is 18.2 Å². The summed E-state index contributed by atoms with van der Waals surface area (Å²) in [6.07, 6.45) is 5.01. The molecule has 5 rings (SSSR count). The van der Waals surface area contributed by atoms with Gasteiger partial charge in [0, 0.05) is 31.7 Å². The van der Waals surface area contributed by atoms with Gasteiger partial charge in [-0.05, 0) is 92.8 Å². The molecule has 2 N–H and O–H groups in total. The molecule has 1 unspecified atom stereocenters. The van der Waals surface area contributed by atoms with Crippen LogP contribution in [0.3, 0.4) is 0 Å². The maximum Gasteiger partial charge on any atom is 0.325 e. The first-order valence-corrected chi connectivity index (χ1v) is 14.4. The Balaban J connectivity index is 1.24. The number of benzene rings is 1. The van der Waals surface area contributed by atoms with E-state index in [2.05, 4.69) is 16.4 Å². The van der Waals surface area contributed by atoms with E-state index in [1.807, 2.05) is 6.07 Å². The molecule has 0 amide bonds. The van der Waals surface area contributed by atoms with E-state index in [1.54, 1.807) is 0 Å². The first kappa shape index (κ1) is 28.8. The smallest absolute Gasteiger partial charge is 0.325 e. The third kappa shape index (κ3) is 6.78. The number of likely N-dealkylation sites (tertiary alicyclic amines) is 1. The molecule has 2 aromatic rings. The Labute approximate surface area is 233 Å². The molecule has 2 fully saturated rings. The number of aromatic nitrogens is 1. The van der Waals surface area contributed by atoms with Gasteiger partial charge >= 0.3 is 5.97 Å². The second-order valence-electron chi connectivity index (χ2n) is 11.0. The van der Waals surface area contributed by atoms with Crippen LogP contribution < -0.4 is 5.32 Å². The molecule has 0 bridgehead atoms. The highest BCUT2D eigenvalue weighted by molar-refractivity contribution is 5.76. The molecule has 0 spiro atoms. The highest BCUT2D eigenvalue weighted by atomic mass is 19.3. The Bertz CT molecular complexity index is 1170. The van der Waals surface area contributed by atoms with Gasteiger partial charge in [-0.15, -0.1) is 0 Å². The van der Waals surface area contributed by atoms with Crippen molar-refractivity contribution in [2.45, 2.75) is 95.1 Å². The summed E-state index contributed by atoms with van der Waals surface area (Å²) in [6.45, 7) is 1.70. The van der Waals surface area contributed by atoms with Gasteiger partial charge in [0.15, 0.2) is 6.29 Å². The highest BCUT2D eigenvalue weighted by Crippen LogP contribution is 2.41. The summed E-state index contributed by atoms with van der Waals surface area (Å²) in [5.74, 6) is -4.08. The zero-order valence-corrected chi connectivity index (χ0v) is 22.7. The molecule has 0 aliphatic carbocycles. The predicted molar refractivity (Wildman–Crippen MR) is 144 cm³/mol. The third-order valence-corrected chi connectivity index (χ3v) is 8.21. The average Bonchev–Trinajstić information content (AvgIpc) is 3.64. The number of hydrogen-bond donors (Lipinski definition) is 2. The van der Waals surface area contributed by atoms with Crippen molar-refractivity contribution in [3.63, 3.8) is 0 Å². The molecule has 1 aromatic heterocycles. The van der Waals surface area contributed by atoms with Gasteiger partial charge in [-0.2, -0.15) is 0 Å². The molecule has 1 aromatic carbocycles. The van der Waals surface area contributed by atoms with Gasteiger partial charge in [0.25, 0.3) is 5.92 Å². The van der Waals surface area contributed by atoms with Crippen molar-refractivity contribution in [3.8, 4) is 0 Å². The number of fused-ring (bicyclic) bond motifs is 1. The summed E-state index contributed by atoms with van der Waals surface area (Å²) in [7, 11) is 0. The minimum atomic E-state index is -3.09. The summed E-state index contributed by atoms with van der Waals surface area (Å²) in [5, 5.41) is 13.5. The maximum atomic E-state index is 15.6. The molecule has 3 aliphatic heterocycles. The van der Waals surface area contributed by atoms with E-state index < -0.39 is 36.1 Å². The van der Waals surface area contributed by atoms with Crippen molar-refractivity contribution in [2.75, 3.05) is 25.0 Å². The second kappa shape index (κ2) is 12.9. The first-order chi connectivity index (χ1) is 19.3. The standard InChI is InChI=1S/C30H38F3N3O4/c31-22-12-10-21(19-40-26-9-5-17-39-26)24(18-22)27(29(37)38)36-16-4-8-25(36)30(32,33)14-2-1-7-23-13-11-20-6-3-15-34-28(20)35-23/h10-13,18,25-27H,1-9,14-17,19H2,(H,34,35)(H,37,38)/t25-,26+,27?/m1/s1. The number of carboxylic acid groups (broad SMARTS) is 1. The van der Waals surface area contributed by atoms with Crippen LogP contribution in [0.1, 0.15) is 79.8 Å². The van der Waals surface area contributed by atoms with Crippen LogP contribution in [0.5, 0.6) is 0 Å². The molecule has 3 aliphatic rings. The van der Waals surface area contributed by atoms with E-state index in [4.69, 9.17) is 9.47 Å². The summed E-state index contributed by atoms with van der Waals surface area (Å²) in [5.41, 5.74) is 2.69. The number of nitrogens with zero attached hydrogens (tertiary/aromatic N) is 2. The Morgan fingerprint density at radius 2 is 2.08 bits per heavy atom. The topological polar surface area (TPSA) is 83.9 Å². The monoisotopic (exact) mass is 561 g/mol. The predicted octanol–water partition coefficient (Wildman–Crippen LogP) is 5.87. The van der Waals surface area contributed by atoms with Crippen molar-refractivity contribution in [2.24, 2.45) is 0 Å². The summed E-state index contributed by atoms with van der Waals surface area (Å²) < 4.78 is 56.8. The molecule has 2 saturated heterocycles. The number of aryl methyl sites for hydroxylation is 2. The van der Waals surface area contributed by atoms with Gasteiger partial charge in [-0.1, -0.05) is 12.1 Å². The summed E-state index contributed by atoms with van der Waals surface area (Å²) in [6, 6.07) is 5.25. The van der Waals surface area contributed by atoms with Gasteiger partial charge in [0.2, 0.25) is 0 Å². The molecule has 7 nitrogen and oxygen atoms in total. The fourth-order valence-electron chi connectivity index (χ4n) is 6.16. The minimum Gasteiger partial charge on any atom is -0.480 e. The first-order valence-electron chi connectivity index (χ1n) is 14.4. The Morgan fingerprint density at radius 1 is 1.20 bits per heavy atom. The number of pyridine rings is 1. The lowest BCUT2D eigenvalue weighted by Crippen LogP contribution is -2.47.